The summed E-state index contributed by atoms with van der Waals surface area (Å²) in [5, 5.41) is 8.11. The van der Waals surface area contributed by atoms with Crippen LogP contribution in [-0.4, -0.2) is 26.7 Å². The fourth-order valence-electron chi connectivity index (χ4n) is 1.81. The first-order valence-corrected chi connectivity index (χ1v) is 7.33. The topological polar surface area (TPSA) is 67.9 Å². The van der Waals surface area contributed by atoms with Crippen LogP contribution in [-0.2, 0) is 6.54 Å². The number of halogens is 2. The molecular formula is C13H13Cl2N5S. The smallest absolute Gasteiger partial charge is 0.175 e. The Bertz CT molecular complexity index is 623. The molecule has 0 unspecified atom stereocenters. The molecule has 0 aliphatic heterocycles. The largest absolute Gasteiger partial charge is 0.393 e. The molecule has 110 valence electrons. The molecule has 0 saturated heterocycles. The molecule has 0 radical (unpaired) electrons. The lowest BCUT2D eigenvalue weighted by atomic mass is 10.2. The summed E-state index contributed by atoms with van der Waals surface area (Å²) >= 11 is 17.0. The summed E-state index contributed by atoms with van der Waals surface area (Å²) in [6.45, 7) is 1.20. The van der Waals surface area contributed by atoms with Crippen molar-refractivity contribution in [3.63, 3.8) is 0 Å². The Balaban J connectivity index is 2.26. The number of nitrogens with two attached hydrogens (primary N) is 1. The molecule has 0 aliphatic rings. The Labute approximate surface area is 138 Å². The van der Waals surface area contributed by atoms with Crippen LogP contribution in [0.4, 0.5) is 5.69 Å². The van der Waals surface area contributed by atoms with Gasteiger partial charge in [0.15, 0.2) is 10.3 Å². The van der Waals surface area contributed by atoms with Gasteiger partial charge in [-0.15, -0.1) is 10.2 Å². The molecular weight excluding hydrogens is 329 g/mol. The highest BCUT2D eigenvalue weighted by molar-refractivity contribution is 7.80. The maximum absolute atomic E-state index is 6.12. The zero-order valence-corrected chi connectivity index (χ0v) is 13.4. The molecule has 5 nitrogen and oxygen atoms in total. The molecule has 2 N–H and O–H groups in total. The van der Waals surface area contributed by atoms with Crippen molar-refractivity contribution in [2.24, 2.45) is 5.73 Å². The summed E-state index contributed by atoms with van der Waals surface area (Å²) < 4.78 is 0. The van der Waals surface area contributed by atoms with E-state index in [4.69, 9.17) is 41.2 Å². The molecule has 0 atom stereocenters. The Morgan fingerprint density at radius 2 is 2.14 bits per heavy atom. The average Bonchev–Trinajstić information content (AvgIpc) is 2.47. The maximum atomic E-state index is 6.12. The van der Waals surface area contributed by atoms with E-state index in [9.17, 15) is 0 Å². The molecule has 0 spiro atoms. The second kappa shape index (κ2) is 7.49. The fraction of sp³-hybridized carbons (Fsp3) is 0.231. The van der Waals surface area contributed by atoms with Gasteiger partial charge in [-0.25, -0.2) is 0 Å². The molecule has 2 rings (SSSR count). The Morgan fingerprint density at radius 1 is 1.33 bits per heavy atom. The molecule has 0 amide bonds. The van der Waals surface area contributed by atoms with E-state index in [2.05, 4.69) is 15.2 Å². The van der Waals surface area contributed by atoms with Crippen LogP contribution in [0, 0.1) is 0 Å². The third-order valence-electron chi connectivity index (χ3n) is 2.77. The van der Waals surface area contributed by atoms with E-state index in [-0.39, 0.29) is 10.3 Å². The van der Waals surface area contributed by atoms with Crippen LogP contribution in [0.25, 0.3) is 0 Å². The van der Waals surface area contributed by atoms with Crippen molar-refractivity contribution in [1.82, 2.24) is 15.2 Å². The second-order valence-electron chi connectivity index (χ2n) is 4.34. The third kappa shape index (κ3) is 4.77. The number of rotatable bonds is 6. The van der Waals surface area contributed by atoms with Gasteiger partial charge in [-0.1, -0.05) is 41.5 Å². The van der Waals surface area contributed by atoms with Gasteiger partial charge in [0.05, 0.1) is 10.7 Å². The zero-order chi connectivity index (χ0) is 15.2. The summed E-state index contributed by atoms with van der Waals surface area (Å²) in [6, 6.07) is 5.53. The van der Waals surface area contributed by atoms with Crippen LogP contribution in [0.15, 0.2) is 30.6 Å². The van der Waals surface area contributed by atoms with Crippen LogP contribution in [0.1, 0.15) is 12.0 Å². The van der Waals surface area contributed by atoms with Crippen LogP contribution in [0.5, 0.6) is 0 Å². The molecule has 0 saturated carbocycles. The monoisotopic (exact) mass is 341 g/mol. The first-order valence-electron chi connectivity index (χ1n) is 6.17. The van der Waals surface area contributed by atoms with Crippen molar-refractivity contribution in [3.8, 4) is 0 Å². The lowest BCUT2D eigenvalue weighted by Gasteiger charge is -2.25. The lowest BCUT2D eigenvalue weighted by Crippen LogP contribution is -2.27. The molecule has 2 aromatic heterocycles. The van der Waals surface area contributed by atoms with E-state index in [1.54, 1.807) is 18.5 Å². The highest BCUT2D eigenvalue weighted by atomic mass is 35.5. The summed E-state index contributed by atoms with van der Waals surface area (Å²) in [7, 11) is 0. The SMILES string of the molecule is NC(=S)CCN(Cc1cccnc1)c1cc(Cl)nnc1Cl. The summed E-state index contributed by atoms with van der Waals surface area (Å²) in [4.78, 5) is 6.54. The zero-order valence-electron chi connectivity index (χ0n) is 11.0. The van der Waals surface area contributed by atoms with E-state index in [0.717, 1.165) is 5.56 Å². The molecule has 21 heavy (non-hydrogen) atoms. The minimum Gasteiger partial charge on any atom is -0.393 e. The van der Waals surface area contributed by atoms with Crippen molar-refractivity contribution in [2.45, 2.75) is 13.0 Å². The summed E-state index contributed by atoms with van der Waals surface area (Å²) in [6.07, 6.45) is 4.07. The Kier molecular flexibility index (Phi) is 5.67. The van der Waals surface area contributed by atoms with Crippen LogP contribution in [0.3, 0.4) is 0 Å². The first kappa shape index (κ1) is 15.9. The van der Waals surface area contributed by atoms with Crippen LogP contribution in [0.2, 0.25) is 10.3 Å². The van der Waals surface area contributed by atoms with Crippen LogP contribution >= 0.6 is 35.4 Å². The number of pyridine rings is 1. The number of thiocarbonyl (C=S) groups is 1. The van der Waals surface area contributed by atoms with Gasteiger partial charge in [0, 0.05) is 38.0 Å². The van der Waals surface area contributed by atoms with E-state index >= 15 is 0 Å². The van der Waals surface area contributed by atoms with Gasteiger partial charge >= 0.3 is 0 Å². The van der Waals surface area contributed by atoms with Gasteiger partial charge in [-0.2, -0.15) is 0 Å². The van der Waals surface area contributed by atoms with Crippen molar-refractivity contribution in [3.05, 3.63) is 46.5 Å². The third-order valence-corrected chi connectivity index (χ3v) is 3.42. The molecule has 0 aromatic carbocycles. The van der Waals surface area contributed by atoms with E-state index < -0.39 is 0 Å². The van der Waals surface area contributed by atoms with Crippen molar-refractivity contribution in [2.75, 3.05) is 11.4 Å². The predicted molar refractivity (Wildman–Crippen MR) is 88.7 cm³/mol. The maximum Gasteiger partial charge on any atom is 0.175 e. The second-order valence-corrected chi connectivity index (χ2v) is 5.61. The quantitative estimate of drug-likeness (QED) is 0.814. The van der Waals surface area contributed by atoms with Gasteiger partial charge in [0.25, 0.3) is 0 Å². The fourth-order valence-corrected chi connectivity index (χ4v) is 2.25. The van der Waals surface area contributed by atoms with E-state index in [0.29, 0.717) is 30.2 Å². The predicted octanol–water partition coefficient (Wildman–Crippen LogP) is 2.86. The van der Waals surface area contributed by atoms with Gasteiger partial charge in [-0.05, 0) is 11.6 Å². The molecule has 0 fully saturated rings. The summed E-state index contributed by atoms with van der Waals surface area (Å²) in [5.74, 6) is 0. The number of anilines is 1. The Hall–Kier alpha value is -1.50. The number of hydrogen-bond donors (Lipinski definition) is 1. The van der Waals surface area contributed by atoms with Crippen molar-refractivity contribution >= 4 is 46.1 Å². The molecule has 0 aliphatic carbocycles. The van der Waals surface area contributed by atoms with Crippen molar-refractivity contribution in [1.29, 1.82) is 0 Å². The Morgan fingerprint density at radius 3 is 2.81 bits per heavy atom. The van der Waals surface area contributed by atoms with E-state index in [1.807, 2.05) is 17.0 Å². The van der Waals surface area contributed by atoms with Gasteiger partial charge in [-0.3, -0.25) is 4.98 Å². The molecule has 0 bridgehead atoms. The standard InChI is InChI=1S/C13H13Cl2N5S/c14-11-6-10(13(15)19-18-11)20(5-3-12(16)21)8-9-2-1-4-17-7-9/h1-2,4,6-7H,3,5,8H2,(H2,16,21). The first-order chi connectivity index (χ1) is 10.1. The average molecular weight is 342 g/mol. The summed E-state index contributed by atoms with van der Waals surface area (Å²) in [5.41, 5.74) is 7.31. The molecule has 8 heteroatoms. The number of nitrogens with zero attached hydrogens (tertiary/aromatic N) is 4. The minimum absolute atomic E-state index is 0.279. The van der Waals surface area contributed by atoms with Crippen LogP contribution < -0.4 is 10.6 Å². The number of hydrogen-bond acceptors (Lipinski definition) is 5. The number of aromatic nitrogens is 3. The highest BCUT2D eigenvalue weighted by Crippen LogP contribution is 2.26. The van der Waals surface area contributed by atoms with E-state index in [1.165, 1.54) is 0 Å². The highest BCUT2D eigenvalue weighted by Gasteiger charge is 2.14. The molecule has 2 heterocycles. The molecule has 2 aromatic rings. The van der Waals surface area contributed by atoms with Gasteiger partial charge in [0.1, 0.15) is 0 Å². The van der Waals surface area contributed by atoms with Crippen molar-refractivity contribution < 1.29 is 0 Å². The van der Waals surface area contributed by atoms with Gasteiger partial charge in [0.2, 0.25) is 0 Å². The lowest BCUT2D eigenvalue weighted by molar-refractivity contribution is 0.796. The normalized spacial score (nSPS) is 10.4. The minimum atomic E-state index is 0.279. The van der Waals surface area contributed by atoms with Gasteiger partial charge < -0.3 is 10.6 Å².